The highest BCUT2D eigenvalue weighted by molar-refractivity contribution is 7.99. The van der Waals surface area contributed by atoms with E-state index in [9.17, 15) is 14.0 Å². The van der Waals surface area contributed by atoms with Crippen LogP contribution in [0.5, 0.6) is 0 Å². The molecule has 9 heteroatoms. The van der Waals surface area contributed by atoms with Crippen LogP contribution in [0.4, 0.5) is 10.1 Å². The number of carbonyl (C=O) groups is 2. The van der Waals surface area contributed by atoms with Crippen LogP contribution in [-0.4, -0.2) is 51.3 Å². The van der Waals surface area contributed by atoms with Crippen LogP contribution in [0.2, 0.25) is 0 Å². The number of aromatic nitrogens is 3. The van der Waals surface area contributed by atoms with Gasteiger partial charge < -0.3 is 10.2 Å². The van der Waals surface area contributed by atoms with Crippen LogP contribution in [0.3, 0.4) is 0 Å². The van der Waals surface area contributed by atoms with Crippen LogP contribution < -0.4 is 5.32 Å². The molecule has 4 rings (SSSR count). The molecule has 4 aromatic rings. The van der Waals surface area contributed by atoms with Gasteiger partial charge in [0.15, 0.2) is 11.0 Å². The zero-order valence-corrected chi connectivity index (χ0v) is 19.4. The van der Waals surface area contributed by atoms with Gasteiger partial charge in [0, 0.05) is 31.0 Å². The number of benzene rings is 3. The molecule has 7 nitrogen and oxygen atoms in total. The Hall–Kier alpha value is -3.98. The molecular weight excluding hydrogens is 453 g/mol. The first-order valence-corrected chi connectivity index (χ1v) is 11.4. The molecule has 0 fully saturated rings. The lowest BCUT2D eigenvalue weighted by Crippen LogP contribution is -2.21. The van der Waals surface area contributed by atoms with Crippen molar-refractivity contribution in [2.24, 2.45) is 0 Å². The minimum atomic E-state index is -0.405. The highest BCUT2D eigenvalue weighted by Gasteiger charge is 2.19. The Morgan fingerprint density at radius 3 is 2.29 bits per heavy atom. The summed E-state index contributed by atoms with van der Waals surface area (Å²) in [6.45, 7) is 0. The fourth-order valence-corrected chi connectivity index (χ4v) is 4.02. The zero-order chi connectivity index (χ0) is 24.1. The lowest BCUT2D eigenvalue weighted by atomic mass is 10.2. The Bertz CT molecular complexity index is 1310. The number of hydrogen-bond acceptors (Lipinski definition) is 5. The van der Waals surface area contributed by atoms with Gasteiger partial charge in [-0.25, -0.2) is 4.39 Å². The van der Waals surface area contributed by atoms with Gasteiger partial charge in [-0.2, -0.15) is 0 Å². The van der Waals surface area contributed by atoms with E-state index >= 15 is 0 Å². The molecule has 0 radical (unpaired) electrons. The first-order valence-electron chi connectivity index (χ1n) is 10.4. The Kier molecular flexibility index (Phi) is 7.03. The maximum absolute atomic E-state index is 14.5. The van der Waals surface area contributed by atoms with Crippen LogP contribution in [0, 0.1) is 5.82 Å². The average molecular weight is 476 g/mol. The SMILES string of the molecule is CN(C)C(=O)c1ccc(NC(=O)CSc2nnc(-c3ccccc3F)n2-c2ccccc2)cc1. The van der Waals surface area contributed by atoms with Crippen molar-refractivity contribution in [2.75, 3.05) is 25.2 Å². The molecule has 1 aromatic heterocycles. The predicted molar refractivity (Wildman–Crippen MR) is 131 cm³/mol. The van der Waals surface area contributed by atoms with Gasteiger partial charge in [0.05, 0.1) is 11.3 Å². The summed E-state index contributed by atoms with van der Waals surface area (Å²) < 4.78 is 16.2. The number of thioether (sulfide) groups is 1. The zero-order valence-electron chi connectivity index (χ0n) is 18.6. The van der Waals surface area contributed by atoms with E-state index in [2.05, 4.69) is 15.5 Å². The molecule has 0 unspecified atom stereocenters. The second-order valence-electron chi connectivity index (χ2n) is 7.57. The summed E-state index contributed by atoms with van der Waals surface area (Å²) in [5, 5.41) is 11.7. The minimum Gasteiger partial charge on any atom is -0.345 e. The third-order valence-electron chi connectivity index (χ3n) is 4.92. The van der Waals surface area contributed by atoms with Crippen molar-refractivity contribution in [1.82, 2.24) is 19.7 Å². The van der Waals surface area contributed by atoms with Crippen LogP contribution in [0.15, 0.2) is 84.0 Å². The molecule has 0 aliphatic heterocycles. The number of para-hydroxylation sites is 1. The average Bonchev–Trinajstić information content (AvgIpc) is 3.27. The fourth-order valence-electron chi connectivity index (χ4n) is 3.27. The van der Waals surface area contributed by atoms with Crippen molar-refractivity contribution in [3.63, 3.8) is 0 Å². The molecule has 3 aromatic carbocycles. The molecule has 0 aliphatic carbocycles. The van der Waals surface area contributed by atoms with E-state index in [1.54, 1.807) is 61.1 Å². The van der Waals surface area contributed by atoms with Gasteiger partial charge in [0.2, 0.25) is 5.91 Å². The van der Waals surface area contributed by atoms with Crippen molar-refractivity contribution in [1.29, 1.82) is 0 Å². The van der Waals surface area contributed by atoms with Crippen LogP contribution in [-0.2, 0) is 4.79 Å². The summed E-state index contributed by atoms with van der Waals surface area (Å²) >= 11 is 1.20. The maximum Gasteiger partial charge on any atom is 0.253 e. The number of nitrogens with zero attached hydrogens (tertiary/aromatic N) is 4. The second kappa shape index (κ2) is 10.3. The Balaban J connectivity index is 1.51. The molecule has 172 valence electrons. The Morgan fingerprint density at radius 2 is 1.62 bits per heavy atom. The van der Waals surface area contributed by atoms with Crippen LogP contribution >= 0.6 is 11.8 Å². The standard InChI is InChI=1S/C25H22FN5O2S/c1-30(2)24(33)17-12-14-18(15-13-17)27-22(32)16-34-25-29-28-23(20-10-6-7-11-21(20)26)31(25)19-8-4-3-5-9-19/h3-15H,16H2,1-2H3,(H,27,32). The molecule has 1 N–H and O–H groups in total. The lowest BCUT2D eigenvalue weighted by Gasteiger charge is -2.12. The first-order chi connectivity index (χ1) is 16.4. The Labute approximate surface area is 200 Å². The van der Waals surface area contributed by atoms with E-state index in [4.69, 9.17) is 0 Å². The van der Waals surface area contributed by atoms with Gasteiger partial charge in [-0.1, -0.05) is 42.1 Å². The topological polar surface area (TPSA) is 80.1 Å². The van der Waals surface area contributed by atoms with Gasteiger partial charge in [-0.3, -0.25) is 14.2 Å². The number of hydrogen-bond donors (Lipinski definition) is 1. The third kappa shape index (κ3) is 5.15. The molecule has 2 amide bonds. The molecule has 0 bridgehead atoms. The van der Waals surface area contributed by atoms with E-state index < -0.39 is 5.82 Å². The van der Waals surface area contributed by atoms with Crippen molar-refractivity contribution < 1.29 is 14.0 Å². The maximum atomic E-state index is 14.5. The lowest BCUT2D eigenvalue weighted by molar-refractivity contribution is -0.113. The molecule has 0 atom stereocenters. The smallest absolute Gasteiger partial charge is 0.253 e. The van der Waals surface area contributed by atoms with E-state index in [-0.39, 0.29) is 17.6 Å². The minimum absolute atomic E-state index is 0.0701. The van der Waals surface area contributed by atoms with Gasteiger partial charge in [0.1, 0.15) is 5.82 Å². The third-order valence-corrected chi connectivity index (χ3v) is 5.85. The molecule has 0 saturated heterocycles. The summed E-state index contributed by atoms with van der Waals surface area (Å²) in [6.07, 6.45) is 0. The largest absolute Gasteiger partial charge is 0.345 e. The van der Waals surface area contributed by atoms with Crippen molar-refractivity contribution >= 4 is 29.3 Å². The summed E-state index contributed by atoms with van der Waals surface area (Å²) in [6, 6.07) is 22.4. The molecular formula is C25H22FN5O2S. The van der Waals surface area contributed by atoms with Crippen molar-refractivity contribution in [3.8, 4) is 17.1 Å². The van der Waals surface area contributed by atoms with E-state index in [1.165, 1.54) is 22.7 Å². The summed E-state index contributed by atoms with van der Waals surface area (Å²) in [7, 11) is 3.36. The molecule has 1 heterocycles. The Morgan fingerprint density at radius 1 is 0.941 bits per heavy atom. The first kappa shape index (κ1) is 23.2. The molecule has 34 heavy (non-hydrogen) atoms. The van der Waals surface area contributed by atoms with Gasteiger partial charge in [-0.15, -0.1) is 10.2 Å². The fraction of sp³-hybridized carbons (Fsp3) is 0.120. The van der Waals surface area contributed by atoms with E-state index in [0.29, 0.717) is 27.8 Å². The monoisotopic (exact) mass is 475 g/mol. The summed E-state index contributed by atoms with van der Waals surface area (Å²) in [4.78, 5) is 26.1. The number of amides is 2. The molecule has 0 saturated carbocycles. The van der Waals surface area contributed by atoms with E-state index in [1.807, 2.05) is 30.3 Å². The number of rotatable bonds is 7. The predicted octanol–water partition coefficient (Wildman–Crippen LogP) is 4.51. The van der Waals surface area contributed by atoms with Gasteiger partial charge in [0.25, 0.3) is 5.91 Å². The molecule has 0 aliphatic rings. The highest BCUT2D eigenvalue weighted by Crippen LogP contribution is 2.29. The number of anilines is 1. The van der Waals surface area contributed by atoms with Crippen LogP contribution in [0.25, 0.3) is 17.1 Å². The van der Waals surface area contributed by atoms with Crippen LogP contribution in [0.1, 0.15) is 10.4 Å². The number of halogens is 1. The van der Waals surface area contributed by atoms with Gasteiger partial charge >= 0.3 is 0 Å². The number of carbonyl (C=O) groups excluding carboxylic acids is 2. The molecule has 0 spiro atoms. The summed E-state index contributed by atoms with van der Waals surface area (Å²) in [5.41, 5.74) is 2.20. The summed E-state index contributed by atoms with van der Waals surface area (Å²) in [5.74, 6) is -0.335. The normalized spacial score (nSPS) is 10.7. The second-order valence-corrected chi connectivity index (χ2v) is 8.51. The van der Waals surface area contributed by atoms with Crippen molar-refractivity contribution in [2.45, 2.75) is 5.16 Å². The van der Waals surface area contributed by atoms with Crippen molar-refractivity contribution in [3.05, 3.63) is 90.2 Å². The number of nitrogens with one attached hydrogen (secondary N) is 1. The van der Waals surface area contributed by atoms with Gasteiger partial charge in [-0.05, 0) is 48.5 Å². The highest BCUT2D eigenvalue weighted by atomic mass is 32.2. The quantitative estimate of drug-likeness (QED) is 0.398. The van der Waals surface area contributed by atoms with E-state index in [0.717, 1.165) is 5.69 Å².